The highest BCUT2D eigenvalue weighted by Gasteiger charge is 2.29. The van der Waals surface area contributed by atoms with Gasteiger partial charge in [0.2, 0.25) is 0 Å². The van der Waals surface area contributed by atoms with Crippen LogP contribution < -0.4 is 0 Å². The summed E-state index contributed by atoms with van der Waals surface area (Å²) in [7, 11) is 1.53. The van der Waals surface area contributed by atoms with Crippen LogP contribution in [0.1, 0.15) is 41.0 Å². The van der Waals surface area contributed by atoms with Gasteiger partial charge in [-0.15, -0.1) is 0 Å². The highest BCUT2D eigenvalue weighted by atomic mass is 31.1. The quantitative estimate of drug-likeness (QED) is 0.524. The van der Waals surface area contributed by atoms with Crippen LogP contribution in [-0.2, 0) is 0 Å². The SMILES string of the molecule is CCC1(C)P=C(C)C(C)=C1C. The van der Waals surface area contributed by atoms with E-state index in [9.17, 15) is 0 Å². The number of rotatable bonds is 1. The van der Waals surface area contributed by atoms with Crippen molar-refractivity contribution in [1.29, 1.82) is 0 Å². The first-order chi connectivity index (χ1) is 5.01. The lowest BCUT2D eigenvalue weighted by molar-refractivity contribution is 0.710. The van der Waals surface area contributed by atoms with E-state index in [4.69, 9.17) is 0 Å². The van der Waals surface area contributed by atoms with Gasteiger partial charge in [-0.05, 0) is 45.0 Å². The van der Waals surface area contributed by atoms with Crippen molar-refractivity contribution in [3.8, 4) is 0 Å². The van der Waals surface area contributed by atoms with Gasteiger partial charge in [-0.3, -0.25) is 0 Å². The molecular formula is C10H17P. The van der Waals surface area contributed by atoms with E-state index in [0.29, 0.717) is 5.16 Å². The molecule has 1 aliphatic rings. The standard InChI is InChI=1S/C10H17P/c1-6-10(5)8(3)7(2)9(4)11-10/h6H2,1-5H3. The van der Waals surface area contributed by atoms with Crippen molar-refractivity contribution in [2.24, 2.45) is 0 Å². The zero-order valence-electron chi connectivity index (χ0n) is 8.15. The van der Waals surface area contributed by atoms with Crippen LogP contribution >= 0.6 is 8.20 Å². The molecule has 11 heavy (non-hydrogen) atoms. The Morgan fingerprint density at radius 1 is 1.27 bits per heavy atom. The van der Waals surface area contributed by atoms with E-state index in [1.165, 1.54) is 20.2 Å². The number of hydrogen-bond acceptors (Lipinski definition) is 0. The van der Waals surface area contributed by atoms with Crippen LogP contribution in [0, 0.1) is 0 Å². The van der Waals surface area contributed by atoms with Crippen LogP contribution in [0.5, 0.6) is 0 Å². The third kappa shape index (κ3) is 1.29. The van der Waals surface area contributed by atoms with Crippen LogP contribution in [-0.4, -0.2) is 10.4 Å². The van der Waals surface area contributed by atoms with Gasteiger partial charge in [-0.2, -0.15) is 0 Å². The first-order valence-corrected chi connectivity index (χ1v) is 5.15. The lowest BCUT2D eigenvalue weighted by Gasteiger charge is -2.21. The molecular weight excluding hydrogens is 151 g/mol. The van der Waals surface area contributed by atoms with Crippen molar-refractivity contribution in [1.82, 2.24) is 0 Å². The summed E-state index contributed by atoms with van der Waals surface area (Å²) in [6.07, 6.45) is 1.26. The van der Waals surface area contributed by atoms with E-state index in [-0.39, 0.29) is 0 Å². The highest BCUT2D eigenvalue weighted by molar-refractivity contribution is 7.44. The molecule has 0 fully saturated rings. The van der Waals surface area contributed by atoms with Crippen molar-refractivity contribution in [3.63, 3.8) is 0 Å². The Kier molecular flexibility index (Phi) is 2.25. The Labute approximate surface area is 71.5 Å². The summed E-state index contributed by atoms with van der Waals surface area (Å²) < 4.78 is 0. The summed E-state index contributed by atoms with van der Waals surface area (Å²) in [4.78, 5) is 0. The van der Waals surface area contributed by atoms with Gasteiger partial charge in [-0.1, -0.05) is 20.7 Å². The van der Waals surface area contributed by atoms with Gasteiger partial charge in [0.1, 0.15) is 0 Å². The minimum Gasteiger partial charge on any atom is -0.0899 e. The predicted molar refractivity (Wildman–Crippen MR) is 54.7 cm³/mol. The van der Waals surface area contributed by atoms with E-state index in [1.807, 2.05) is 0 Å². The molecule has 1 unspecified atom stereocenters. The highest BCUT2D eigenvalue weighted by Crippen LogP contribution is 2.43. The zero-order valence-corrected chi connectivity index (χ0v) is 9.05. The van der Waals surface area contributed by atoms with E-state index < -0.39 is 0 Å². The summed E-state index contributed by atoms with van der Waals surface area (Å²) in [6, 6.07) is 0. The van der Waals surface area contributed by atoms with E-state index in [1.54, 1.807) is 10.9 Å². The normalized spacial score (nSPS) is 32.6. The largest absolute Gasteiger partial charge is 0.0899 e. The van der Waals surface area contributed by atoms with Gasteiger partial charge in [-0.25, -0.2) is 0 Å². The molecule has 1 heteroatoms. The first-order valence-electron chi connectivity index (χ1n) is 4.26. The molecule has 0 saturated carbocycles. The lowest BCUT2D eigenvalue weighted by atomic mass is 9.94. The summed E-state index contributed by atoms with van der Waals surface area (Å²) >= 11 is 0. The summed E-state index contributed by atoms with van der Waals surface area (Å²) in [5, 5.41) is 2.01. The Morgan fingerprint density at radius 2 is 1.82 bits per heavy atom. The molecule has 0 bridgehead atoms. The Morgan fingerprint density at radius 3 is 2.00 bits per heavy atom. The maximum atomic E-state index is 2.36. The van der Waals surface area contributed by atoms with E-state index >= 15 is 0 Å². The molecule has 0 radical (unpaired) electrons. The fraction of sp³-hybridized carbons (Fsp3) is 0.700. The minimum absolute atomic E-state index is 0.453. The van der Waals surface area contributed by atoms with Gasteiger partial charge >= 0.3 is 0 Å². The molecule has 1 atom stereocenters. The van der Waals surface area contributed by atoms with E-state index in [0.717, 1.165) is 0 Å². The van der Waals surface area contributed by atoms with Crippen LogP contribution in [0.2, 0.25) is 0 Å². The Hall–Kier alpha value is -0.0900. The molecule has 0 aromatic heterocycles. The third-order valence-corrected chi connectivity index (χ3v) is 4.83. The molecule has 0 nitrogen and oxygen atoms in total. The summed E-state index contributed by atoms with van der Waals surface area (Å²) in [5.41, 5.74) is 3.13. The molecule has 1 rings (SSSR count). The molecule has 0 aromatic carbocycles. The van der Waals surface area contributed by atoms with Crippen molar-refractivity contribution in [3.05, 3.63) is 11.1 Å². The van der Waals surface area contributed by atoms with Crippen molar-refractivity contribution >= 4 is 13.5 Å². The number of hydrogen-bond donors (Lipinski definition) is 0. The van der Waals surface area contributed by atoms with E-state index in [2.05, 4.69) is 34.6 Å². The van der Waals surface area contributed by atoms with Crippen molar-refractivity contribution in [2.45, 2.75) is 46.2 Å². The molecule has 0 amide bonds. The van der Waals surface area contributed by atoms with Gasteiger partial charge in [0.15, 0.2) is 0 Å². The fourth-order valence-electron chi connectivity index (χ4n) is 1.56. The molecule has 1 heterocycles. The average Bonchev–Trinajstić information content (AvgIpc) is 2.17. The molecule has 0 N–H and O–H groups in total. The van der Waals surface area contributed by atoms with Gasteiger partial charge < -0.3 is 0 Å². The van der Waals surface area contributed by atoms with Gasteiger partial charge in [0.25, 0.3) is 0 Å². The van der Waals surface area contributed by atoms with Crippen LogP contribution in [0.25, 0.3) is 0 Å². The summed E-state index contributed by atoms with van der Waals surface area (Å²) in [5.74, 6) is 0. The molecule has 0 saturated heterocycles. The monoisotopic (exact) mass is 168 g/mol. The minimum atomic E-state index is 0.453. The predicted octanol–water partition coefficient (Wildman–Crippen LogP) is 3.64. The average molecular weight is 168 g/mol. The van der Waals surface area contributed by atoms with Crippen LogP contribution in [0.3, 0.4) is 0 Å². The van der Waals surface area contributed by atoms with Crippen molar-refractivity contribution in [2.75, 3.05) is 0 Å². The fourth-order valence-corrected chi connectivity index (χ4v) is 3.13. The maximum Gasteiger partial charge on any atom is 0.0305 e. The molecule has 0 aliphatic carbocycles. The second-order valence-corrected chi connectivity index (χ2v) is 5.46. The lowest BCUT2D eigenvalue weighted by Crippen LogP contribution is -2.14. The van der Waals surface area contributed by atoms with Crippen molar-refractivity contribution < 1.29 is 0 Å². The first kappa shape index (κ1) is 9.00. The topological polar surface area (TPSA) is 0 Å². The number of allylic oxidation sites excluding steroid dienone is 2. The van der Waals surface area contributed by atoms with Gasteiger partial charge in [0, 0.05) is 5.16 Å². The smallest absolute Gasteiger partial charge is 0.0305 e. The maximum absolute atomic E-state index is 2.36. The second kappa shape index (κ2) is 2.75. The Bertz CT molecular complexity index is 235. The molecule has 0 spiro atoms. The third-order valence-electron chi connectivity index (χ3n) is 3.02. The molecule has 62 valence electrons. The second-order valence-electron chi connectivity index (χ2n) is 3.57. The molecule has 1 aliphatic heterocycles. The van der Waals surface area contributed by atoms with Crippen LogP contribution in [0.15, 0.2) is 11.1 Å². The zero-order chi connectivity index (χ0) is 8.65. The Balaban J connectivity index is 3.09. The van der Waals surface area contributed by atoms with Gasteiger partial charge in [0.05, 0.1) is 0 Å². The summed E-state index contributed by atoms with van der Waals surface area (Å²) in [6.45, 7) is 11.4. The van der Waals surface area contributed by atoms with Crippen LogP contribution in [0.4, 0.5) is 0 Å². The molecule has 0 aromatic rings.